The van der Waals surface area contributed by atoms with Gasteiger partial charge in [0.25, 0.3) is 0 Å². The Kier molecular flexibility index (Phi) is 7.73. The highest BCUT2D eigenvalue weighted by Crippen LogP contribution is 2.63. The fraction of sp³-hybridized carbons (Fsp3) is 0.0312. The fourth-order valence-electron chi connectivity index (χ4n) is 12.1. The van der Waals surface area contributed by atoms with Crippen LogP contribution in [0.2, 0.25) is 0 Å². The molecule has 11 aromatic carbocycles. The molecular weight excluding hydrogens is 783 g/mol. The summed E-state index contributed by atoms with van der Waals surface area (Å²) >= 11 is 0. The molecule has 0 radical (unpaired) electrons. The van der Waals surface area contributed by atoms with Crippen LogP contribution >= 0.6 is 0 Å². The molecule has 0 saturated heterocycles. The van der Waals surface area contributed by atoms with Gasteiger partial charge in [0.2, 0.25) is 0 Å². The Hall–Kier alpha value is -8.26. The van der Waals surface area contributed by atoms with Gasteiger partial charge in [-0.15, -0.1) is 0 Å². The molecule has 12 aromatic rings. The number of hydrogen-bond donors (Lipinski definition) is 0. The fourth-order valence-corrected chi connectivity index (χ4v) is 12.1. The zero-order valence-electron chi connectivity index (χ0n) is 35.6. The monoisotopic (exact) mass is 823 g/mol. The highest BCUT2D eigenvalue weighted by molar-refractivity contribution is 6.12. The van der Waals surface area contributed by atoms with Crippen LogP contribution in [0, 0.1) is 0 Å². The van der Waals surface area contributed by atoms with E-state index in [-0.39, 0.29) is 5.92 Å². The smallest absolute Gasteiger partial charge is 0.0716 e. The molecular formula is C64H41N. The number of para-hydroxylation sites is 1. The van der Waals surface area contributed by atoms with Crippen LogP contribution in [0.3, 0.4) is 0 Å². The van der Waals surface area contributed by atoms with Crippen molar-refractivity contribution in [1.82, 2.24) is 4.57 Å². The van der Waals surface area contributed by atoms with Crippen molar-refractivity contribution in [2.75, 3.05) is 0 Å². The van der Waals surface area contributed by atoms with Crippen molar-refractivity contribution in [3.8, 4) is 39.1 Å². The van der Waals surface area contributed by atoms with Crippen LogP contribution in [0.15, 0.2) is 243 Å². The molecule has 1 atom stereocenters. The molecule has 1 unspecified atom stereocenters. The molecule has 65 heavy (non-hydrogen) atoms. The van der Waals surface area contributed by atoms with Crippen LogP contribution in [0.25, 0.3) is 82.4 Å². The molecule has 0 aliphatic heterocycles. The van der Waals surface area contributed by atoms with Gasteiger partial charge in [-0.2, -0.15) is 0 Å². The van der Waals surface area contributed by atoms with E-state index in [1.165, 1.54) is 121 Å². The van der Waals surface area contributed by atoms with Crippen molar-refractivity contribution in [1.29, 1.82) is 0 Å². The second kappa shape index (κ2) is 13.9. The number of hydrogen-bond acceptors (Lipinski definition) is 0. The molecule has 0 fully saturated rings. The molecule has 302 valence electrons. The first kappa shape index (κ1) is 36.2. The summed E-state index contributed by atoms with van der Waals surface area (Å²) < 4.78 is 2.45. The van der Waals surface area contributed by atoms with Crippen LogP contribution in [-0.4, -0.2) is 4.57 Å². The Labute approximate surface area is 378 Å². The lowest BCUT2D eigenvalue weighted by Gasteiger charge is -2.36. The first-order chi connectivity index (χ1) is 32.3. The number of aromatic nitrogens is 1. The van der Waals surface area contributed by atoms with E-state index in [2.05, 4.69) is 247 Å². The minimum Gasteiger partial charge on any atom is -0.309 e. The minimum absolute atomic E-state index is 0.0114. The Morgan fingerprint density at radius 2 is 0.923 bits per heavy atom. The van der Waals surface area contributed by atoms with Crippen molar-refractivity contribution in [3.05, 3.63) is 282 Å². The van der Waals surface area contributed by atoms with Gasteiger partial charge in [-0.1, -0.05) is 212 Å². The quantitative estimate of drug-likeness (QED) is 0.163. The maximum atomic E-state index is 2.49. The Morgan fingerprint density at radius 3 is 1.72 bits per heavy atom. The highest BCUT2D eigenvalue weighted by atomic mass is 15.0. The van der Waals surface area contributed by atoms with Gasteiger partial charge in [0, 0.05) is 22.1 Å². The summed E-state index contributed by atoms with van der Waals surface area (Å²) in [5.74, 6) is 0.0114. The normalized spacial score (nSPS) is 14.4. The van der Waals surface area contributed by atoms with Crippen molar-refractivity contribution in [3.63, 3.8) is 0 Å². The molecule has 0 saturated carbocycles. The third-order valence-electron chi connectivity index (χ3n) is 14.7. The summed E-state index contributed by atoms with van der Waals surface area (Å²) in [6.45, 7) is 0. The molecule has 0 spiro atoms. The van der Waals surface area contributed by atoms with Gasteiger partial charge in [-0.05, 0) is 119 Å². The number of fused-ring (bicyclic) bond motifs is 12. The topological polar surface area (TPSA) is 4.93 Å². The maximum absolute atomic E-state index is 2.49. The first-order valence-corrected chi connectivity index (χ1v) is 22.8. The van der Waals surface area contributed by atoms with Gasteiger partial charge in [-0.3, -0.25) is 0 Å². The van der Waals surface area contributed by atoms with Crippen molar-refractivity contribution < 1.29 is 0 Å². The van der Waals surface area contributed by atoms with E-state index in [9.17, 15) is 0 Å². The molecule has 14 rings (SSSR count). The average molecular weight is 824 g/mol. The largest absolute Gasteiger partial charge is 0.309 e. The first-order valence-electron chi connectivity index (χ1n) is 22.8. The molecule has 1 heterocycles. The number of benzene rings is 11. The summed E-state index contributed by atoms with van der Waals surface area (Å²) in [6.07, 6.45) is 0. The zero-order valence-corrected chi connectivity index (χ0v) is 35.6. The Balaban J connectivity index is 1.04. The van der Waals surface area contributed by atoms with Gasteiger partial charge in [0.05, 0.1) is 22.1 Å². The van der Waals surface area contributed by atoms with Crippen LogP contribution in [0.1, 0.15) is 44.9 Å². The maximum Gasteiger partial charge on any atom is 0.0716 e. The van der Waals surface area contributed by atoms with Crippen LogP contribution in [0.5, 0.6) is 0 Å². The van der Waals surface area contributed by atoms with Gasteiger partial charge in [0.1, 0.15) is 0 Å². The summed E-state index contributed by atoms with van der Waals surface area (Å²) in [7, 11) is 0. The molecule has 0 N–H and O–H groups in total. The standard InChI is InChI=1S/C64H41N/c1-3-21-45(22-4-1)64(46-23-5-2-6-24-46)57-30-13-11-27-49(57)54-37-36-53-55-39-43(33-35-52(55)61(62(53)63(54)64)51-29-15-19-41-17-7-9-25-47(41)51)44-34-38-60-56(40-44)50-28-12-14-31-59(50)65(60)58-32-16-20-42-18-8-10-26-48(42)58/h1-40,61H. The minimum atomic E-state index is -0.531. The van der Waals surface area contributed by atoms with Gasteiger partial charge >= 0.3 is 0 Å². The van der Waals surface area contributed by atoms with Gasteiger partial charge in [-0.25, -0.2) is 0 Å². The summed E-state index contributed by atoms with van der Waals surface area (Å²) in [5.41, 5.74) is 20.2. The van der Waals surface area contributed by atoms with E-state index in [1.54, 1.807) is 0 Å². The predicted molar refractivity (Wildman–Crippen MR) is 271 cm³/mol. The highest BCUT2D eigenvalue weighted by Gasteiger charge is 2.50. The van der Waals surface area contributed by atoms with Crippen LogP contribution in [-0.2, 0) is 5.41 Å². The number of nitrogens with zero attached hydrogens (tertiary/aromatic N) is 1. The second-order valence-corrected chi connectivity index (χ2v) is 17.9. The molecule has 0 amide bonds. The SMILES string of the molecule is c1ccc(C2(c3ccccc3)c3ccccc3-c3ccc4c(c32)C(c2cccc3ccccc23)c2ccc(-c3ccc5c(c3)c3ccccc3n5-c3cccc5ccccc35)cc2-4)cc1. The van der Waals surface area contributed by atoms with Gasteiger partial charge in [0.15, 0.2) is 0 Å². The molecule has 2 aliphatic rings. The molecule has 1 aromatic heterocycles. The molecule has 1 heteroatoms. The van der Waals surface area contributed by atoms with E-state index in [0.717, 1.165) is 0 Å². The van der Waals surface area contributed by atoms with Crippen molar-refractivity contribution >= 4 is 43.4 Å². The second-order valence-electron chi connectivity index (χ2n) is 17.9. The van der Waals surface area contributed by atoms with Crippen LogP contribution in [0.4, 0.5) is 0 Å². The molecule has 0 bridgehead atoms. The van der Waals surface area contributed by atoms with E-state index in [0.29, 0.717) is 0 Å². The number of rotatable bonds is 5. The zero-order chi connectivity index (χ0) is 42.6. The average Bonchev–Trinajstić information content (AvgIpc) is 4.00. The Bertz CT molecular complexity index is 3840. The van der Waals surface area contributed by atoms with Gasteiger partial charge < -0.3 is 4.57 Å². The third kappa shape index (κ3) is 5.04. The van der Waals surface area contributed by atoms with E-state index < -0.39 is 5.41 Å². The lowest BCUT2D eigenvalue weighted by Crippen LogP contribution is -2.30. The summed E-state index contributed by atoms with van der Waals surface area (Å²) in [6, 6.07) is 91.0. The predicted octanol–water partition coefficient (Wildman–Crippen LogP) is 16.3. The van der Waals surface area contributed by atoms with E-state index in [1.807, 2.05) is 0 Å². The molecule has 2 aliphatic carbocycles. The summed E-state index contributed by atoms with van der Waals surface area (Å²) in [4.78, 5) is 0. The molecule has 1 nitrogen and oxygen atoms in total. The van der Waals surface area contributed by atoms with E-state index >= 15 is 0 Å². The van der Waals surface area contributed by atoms with Crippen molar-refractivity contribution in [2.24, 2.45) is 0 Å². The van der Waals surface area contributed by atoms with E-state index in [4.69, 9.17) is 0 Å². The summed E-state index contributed by atoms with van der Waals surface area (Å²) in [5, 5.41) is 7.57. The third-order valence-corrected chi connectivity index (χ3v) is 14.7. The lowest BCUT2D eigenvalue weighted by molar-refractivity contribution is 0.753. The van der Waals surface area contributed by atoms with Crippen LogP contribution < -0.4 is 0 Å². The Morgan fingerprint density at radius 1 is 0.338 bits per heavy atom. The lowest BCUT2D eigenvalue weighted by atomic mass is 9.65. The van der Waals surface area contributed by atoms with Crippen molar-refractivity contribution in [2.45, 2.75) is 11.3 Å².